The molecular weight excluding hydrogens is 1220 g/mol. The first-order chi connectivity index (χ1) is 41.4. The van der Waals surface area contributed by atoms with E-state index in [-0.39, 0.29) is 44.1 Å². The van der Waals surface area contributed by atoms with Crippen molar-refractivity contribution in [1.29, 1.82) is 0 Å². The van der Waals surface area contributed by atoms with Gasteiger partial charge in [0.05, 0.1) is 0 Å². The average molecular weight is 1340 g/mol. The highest BCUT2D eigenvalue weighted by molar-refractivity contribution is 7.54. The van der Waals surface area contributed by atoms with Crippen molar-refractivity contribution in [3.63, 3.8) is 0 Å². The van der Waals surface area contributed by atoms with Crippen LogP contribution in [0.4, 0.5) is 0 Å². The van der Waals surface area contributed by atoms with Gasteiger partial charge in [0.1, 0.15) is 22.4 Å². The fourth-order valence-corrected chi connectivity index (χ4v) is 11.1. The van der Waals surface area contributed by atoms with Gasteiger partial charge in [-0.05, 0) is 187 Å². The van der Waals surface area contributed by atoms with E-state index in [1.807, 2.05) is 75.4 Å². The molecule has 0 fully saturated rings. The molecule has 0 aliphatic heterocycles. The highest BCUT2D eigenvalue weighted by atomic mass is 31.2. The lowest BCUT2D eigenvalue weighted by Crippen LogP contribution is -2.33. The Morgan fingerprint density at radius 1 is 0.489 bits per heavy atom. The number of phenols is 3. The molecule has 15 nitrogen and oxygen atoms in total. The summed E-state index contributed by atoms with van der Waals surface area (Å²) in [4.78, 5) is 74.8. The molecule has 0 spiro atoms. The van der Waals surface area contributed by atoms with Gasteiger partial charge >= 0.3 is 24.1 Å². The van der Waals surface area contributed by atoms with Crippen LogP contribution in [0.2, 0.25) is 0 Å². The number of Topliss-reactive ketones (excluding diaryl/α,β-unsaturated/α-hetero) is 2. The molecule has 18 heteroatoms. The van der Waals surface area contributed by atoms with E-state index in [2.05, 4.69) is 125 Å². The van der Waals surface area contributed by atoms with E-state index < -0.39 is 46.7 Å². The maximum atomic E-state index is 12.9. The molecule has 3 rings (SSSR count). The van der Waals surface area contributed by atoms with Crippen LogP contribution >= 0.6 is 24.1 Å². The van der Waals surface area contributed by atoms with Gasteiger partial charge in [0.2, 0.25) is 0 Å². The van der Waals surface area contributed by atoms with E-state index in [1.54, 1.807) is 39.0 Å². The molecule has 3 aromatic carbocycles. The van der Waals surface area contributed by atoms with Crippen molar-refractivity contribution in [3.8, 4) is 17.2 Å². The number of benzene rings is 3. The fourth-order valence-electron chi connectivity index (χ4n) is 9.79. The number of carbonyl (C=O) groups is 3. The zero-order valence-corrected chi connectivity index (χ0v) is 63.3. The smallest absolute Gasteiger partial charge is 0.507 e. The first kappa shape index (κ1) is 84.7. The van der Waals surface area contributed by atoms with Crippen LogP contribution in [0.1, 0.15) is 270 Å². The van der Waals surface area contributed by atoms with Crippen LogP contribution in [0.15, 0.2) is 90.1 Å². The van der Waals surface area contributed by atoms with Gasteiger partial charge in [0, 0.05) is 42.5 Å². The van der Waals surface area contributed by atoms with Gasteiger partial charge < -0.3 is 25.1 Å². The summed E-state index contributed by atoms with van der Waals surface area (Å²) in [6.45, 7) is 53.9. The molecule has 0 aliphatic carbocycles. The Bertz CT molecular complexity index is 3300. The predicted molar refractivity (Wildman–Crippen MR) is 379 cm³/mol. The summed E-state index contributed by atoms with van der Waals surface area (Å²) in [5.74, 6) is -0.283. The van der Waals surface area contributed by atoms with Gasteiger partial charge in [0.25, 0.3) is 0 Å². The first-order valence-electron chi connectivity index (χ1n) is 31.5. The number of hydrogen-bond donors (Lipinski definition) is 7. The van der Waals surface area contributed by atoms with Crippen LogP contribution in [-0.2, 0) is 69.6 Å². The van der Waals surface area contributed by atoms with Gasteiger partial charge in [-0.25, -0.2) is 0 Å². The minimum Gasteiger partial charge on any atom is -0.507 e. The topological polar surface area (TPSA) is 262 Å². The number of carbonyl (C=O) groups excluding carboxylic acids is 3. The van der Waals surface area contributed by atoms with Gasteiger partial charge in [-0.1, -0.05) is 189 Å². The number of hydrogen-bond acceptors (Lipinski definition) is 11. The van der Waals surface area contributed by atoms with E-state index in [0.29, 0.717) is 47.7 Å². The second-order valence-electron chi connectivity index (χ2n) is 30.7. The second-order valence-corrected chi connectivity index (χ2v) is 34.2. The maximum Gasteiger partial charge on any atom is 0.695 e. The Balaban J connectivity index is 0.000000690. The van der Waals surface area contributed by atoms with Crippen LogP contribution in [0.3, 0.4) is 0 Å². The lowest BCUT2D eigenvalue weighted by atomic mass is 9.77. The summed E-state index contributed by atoms with van der Waals surface area (Å²) < 4.78 is 43.3. The molecule has 0 saturated carbocycles. The standard InChI is InChI=1S/C26H41O5P.2C24H35O5P/c1-11-17(13-14-18(12-2)23(28)26(9,10)32(29,30)31)19-15-20(24(3,4)5)22(27)21(16-19)25(6,7)8;1-15(11-12-16(2)21(26)24(9,10)29-30(27)28)17-13-18(22(3,4)5)20(25)19(14-17)23(6,7)8;1-9-16(12-11-13-20(25)21(10-2)29-30(27)28)17-14-18(23(3,4)5)22(26)19(15-17)24(6,7)8/h13-16,27H,11-12H2,1-10H3,(H2,29,30,31);11-14H,1-10H3,(H-,25,26,27,28);11-15,21H,9-10H2,1-8H3,(H-,25,26,27,28)/p+2. The number of allylic oxidation sites excluding steroid dienone is 10. The predicted octanol–water partition coefficient (Wildman–Crippen LogP) is 19.3. The fraction of sp³-hybridized carbons (Fsp3) is 0.554. The molecule has 0 aromatic heterocycles. The molecule has 0 heterocycles. The van der Waals surface area contributed by atoms with Crippen molar-refractivity contribution in [3.05, 3.63) is 140 Å². The molecule has 0 radical (unpaired) electrons. The zero-order chi connectivity index (χ0) is 72.2. The third kappa shape index (κ3) is 24.2. The number of aromatic hydroxyl groups is 3. The van der Waals surface area contributed by atoms with Gasteiger partial charge in [0.15, 0.2) is 29.1 Å². The largest absolute Gasteiger partial charge is 0.695 e. The van der Waals surface area contributed by atoms with E-state index in [4.69, 9.17) is 18.8 Å². The Morgan fingerprint density at radius 2 is 0.826 bits per heavy atom. The van der Waals surface area contributed by atoms with Crippen LogP contribution in [0.25, 0.3) is 16.7 Å². The molecule has 3 atom stereocenters. The Hall–Kier alpha value is -5.30. The minimum absolute atomic E-state index is 0.225. The van der Waals surface area contributed by atoms with Gasteiger partial charge in [-0.3, -0.25) is 18.9 Å². The molecule has 3 aromatic rings. The normalized spacial score (nSPS) is 14.7. The van der Waals surface area contributed by atoms with E-state index in [0.717, 1.165) is 73.2 Å². The Labute approximate surface area is 553 Å². The van der Waals surface area contributed by atoms with Crippen LogP contribution < -0.4 is 0 Å². The van der Waals surface area contributed by atoms with E-state index >= 15 is 0 Å². The lowest BCUT2D eigenvalue weighted by molar-refractivity contribution is -0.128. The van der Waals surface area contributed by atoms with Crippen LogP contribution in [0.5, 0.6) is 17.2 Å². The molecule has 0 aliphatic rings. The molecule has 0 amide bonds. The highest BCUT2D eigenvalue weighted by Crippen LogP contribution is 2.52. The molecule has 0 saturated heterocycles. The van der Waals surface area contributed by atoms with Crippen molar-refractivity contribution >= 4 is 58.2 Å². The molecule has 0 bridgehead atoms. The summed E-state index contributed by atoms with van der Waals surface area (Å²) in [7, 11) is -10.3. The van der Waals surface area contributed by atoms with Crippen LogP contribution in [-0.4, -0.2) is 69.1 Å². The van der Waals surface area contributed by atoms with Gasteiger partial charge in [-0.2, -0.15) is 0 Å². The SMILES string of the molecule is CC(=CC=C(C)c1cc(C(C)(C)C)c(O)c(C(C)(C)C)c1)C(=O)C(C)(C)O[P+](=O)O.CCC(=CC=C(CC)c1cc(C(C)(C)C)c(O)c(C(C)(C)C)c1)C(=O)C(C)(C)P(=O)(O)O.CCC(=CC=CC(=O)C(CC)O[P+](=O)O)c1cc(C(C)(C)C)c(O)c(C(C)(C)C)c1. The minimum atomic E-state index is -4.60. The van der Waals surface area contributed by atoms with Crippen molar-refractivity contribution < 1.29 is 72.0 Å². The van der Waals surface area contributed by atoms with E-state index in [9.17, 15) is 53.2 Å². The van der Waals surface area contributed by atoms with Crippen molar-refractivity contribution in [2.45, 2.75) is 269 Å². The highest BCUT2D eigenvalue weighted by Gasteiger charge is 2.45. The summed E-state index contributed by atoms with van der Waals surface area (Å²) in [5, 5.41) is 31.0. The molecular formula is C74H113O15P3+2. The second kappa shape index (κ2) is 32.9. The van der Waals surface area contributed by atoms with E-state index in [1.165, 1.54) is 33.8 Å². The number of phenolic OH excluding ortho intramolecular Hbond substituents is 3. The van der Waals surface area contributed by atoms with Crippen molar-refractivity contribution in [2.75, 3.05) is 0 Å². The third-order valence-corrected chi connectivity index (χ3v) is 18.5. The number of ketones is 3. The summed E-state index contributed by atoms with van der Waals surface area (Å²) in [6, 6.07) is 12.0. The molecule has 3 unspecified atom stereocenters. The Morgan fingerprint density at radius 3 is 1.11 bits per heavy atom. The summed E-state index contributed by atoms with van der Waals surface area (Å²) in [6.07, 6.45) is 13.2. The molecule has 7 N–H and O–H groups in total. The summed E-state index contributed by atoms with van der Waals surface area (Å²) >= 11 is 0. The monoisotopic (exact) mass is 1330 g/mol. The summed E-state index contributed by atoms with van der Waals surface area (Å²) in [5.41, 5.74) is 9.08. The van der Waals surface area contributed by atoms with Crippen molar-refractivity contribution in [1.82, 2.24) is 0 Å². The van der Waals surface area contributed by atoms with Gasteiger partial charge in [-0.15, -0.1) is 18.8 Å². The lowest BCUT2D eigenvalue weighted by Gasteiger charge is -2.28. The van der Waals surface area contributed by atoms with Crippen molar-refractivity contribution in [2.24, 2.45) is 0 Å². The quantitative estimate of drug-likeness (QED) is 0.0297. The zero-order valence-electron chi connectivity index (χ0n) is 60.6. The molecule has 92 heavy (non-hydrogen) atoms. The average Bonchev–Trinajstić information content (AvgIpc) is 0.798. The van der Waals surface area contributed by atoms with Crippen LogP contribution in [0, 0.1) is 0 Å². The molecule has 512 valence electrons. The first-order valence-corrected chi connectivity index (χ1v) is 35.4. The maximum absolute atomic E-state index is 12.9. The number of rotatable bonds is 21. The Kier molecular flexibility index (Phi) is 30.3. The third-order valence-electron chi connectivity index (χ3n) is 15.8.